The van der Waals surface area contributed by atoms with Gasteiger partial charge in [0.2, 0.25) is 0 Å². The van der Waals surface area contributed by atoms with E-state index in [-0.39, 0.29) is 11.8 Å². The summed E-state index contributed by atoms with van der Waals surface area (Å²) in [7, 11) is 0. The molecule has 0 aliphatic rings. The van der Waals surface area contributed by atoms with E-state index in [1.165, 1.54) is 6.07 Å². The van der Waals surface area contributed by atoms with Gasteiger partial charge in [0.25, 0.3) is 0 Å². The number of benzene rings is 2. The number of urea groups is 1. The van der Waals surface area contributed by atoms with E-state index in [9.17, 15) is 9.18 Å². The van der Waals surface area contributed by atoms with Crippen LogP contribution in [0.5, 0.6) is 0 Å². The summed E-state index contributed by atoms with van der Waals surface area (Å²) < 4.78 is 13.4. The fraction of sp³-hybridized carbons (Fsp3) is 0.188. The van der Waals surface area contributed by atoms with Crippen LogP contribution in [-0.2, 0) is 6.42 Å². The van der Waals surface area contributed by atoms with Gasteiger partial charge in [-0.15, -0.1) is 11.8 Å². The van der Waals surface area contributed by atoms with Crippen LogP contribution in [0.1, 0.15) is 5.56 Å². The smallest absolute Gasteiger partial charge is 0.319 e. The predicted octanol–water partition coefficient (Wildman–Crippen LogP) is 3.91. The van der Waals surface area contributed by atoms with E-state index in [1.54, 1.807) is 30.0 Å². The minimum absolute atomic E-state index is 0.243. The average molecular weight is 304 g/mol. The molecule has 0 heterocycles. The zero-order chi connectivity index (χ0) is 15.1. The molecule has 0 aromatic heterocycles. The first-order chi connectivity index (χ1) is 10.2. The second-order valence-corrected chi connectivity index (χ2v) is 5.33. The van der Waals surface area contributed by atoms with Crippen LogP contribution < -0.4 is 10.6 Å². The third-order valence-electron chi connectivity index (χ3n) is 2.97. The molecule has 2 aromatic rings. The van der Waals surface area contributed by atoms with Crippen molar-refractivity contribution in [3.8, 4) is 0 Å². The zero-order valence-corrected chi connectivity index (χ0v) is 12.5. The molecule has 3 nitrogen and oxygen atoms in total. The van der Waals surface area contributed by atoms with Crippen molar-refractivity contribution in [3.63, 3.8) is 0 Å². The Balaban J connectivity index is 1.81. The van der Waals surface area contributed by atoms with Crippen molar-refractivity contribution in [2.24, 2.45) is 0 Å². The largest absolute Gasteiger partial charge is 0.338 e. The molecule has 0 saturated carbocycles. The number of anilines is 1. The van der Waals surface area contributed by atoms with Crippen LogP contribution >= 0.6 is 11.8 Å². The second-order valence-electron chi connectivity index (χ2n) is 4.45. The average Bonchev–Trinajstić information content (AvgIpc) is 2.49. The molecule has 0 aliphatic carbocycles. The number of carbonyl (C=O) groups excluding carboxylic acids is 1. The number of amides is 2. The Morgan fingerprint density at radius 3 is 2.76 bits per heavy atom. The number of hydrogen-bond donors (Lipinski definition) is 2. The molecule has 110 valence electrons. The Kier molecular flexibility index (Phi) is 5.63. The van der Waals surface area contributed by atoms with Gasteiger partial charge in [0.15, 0.2) is 0 Å². The van der Waals surface area contributed by atoms with Gasteiger partial charge in [0.1, 0.15) is 5.82 Å². The molecule has 0 radical (unpaired) electrons. The van der Waals surface area contributed by atoms with Gasteiger partial charge in [-0.05, 0) is 42.5 Å². The monoisotopic (exact) mass is 304 g/mol. The van der Waals surface area contributed by atoms with Gasteiger partial charge in [-0.25, -0.2) is 9.18 Å². The number of carbonyl (C=O) groups is 1. The van der Waals surface area contributed by atoms with Gasteiger partial charge in [0, 0.05) is 17.1 Å². The van der Waals surface area contributed by atoms with Crippen LogP contribution in [0.4, 0.5) is 14.9 Å². The number of halogens is 1. The first kappa shape index (κ1) is 15.4. The lowest BCUT2D eigenvalue weighted by molar-refractivity contribution is 0.252. The summed E-state index contributed by atoms with van der Waals surface area (Å²) in [6.45, 7) is 0.384. The lowest BCUT2D eigenvalue weighted by atomic mass is 10.1. The van der Waals surface area contributed by atoms with Gasteiger partial charge in [-0.1, -0.05) is 24.3 Å². The van der Waals surface area contributed by atoms with E-state index in [1.807, 2.05) is 30.5 Å². The number of rotatable bonds is 5. The zero-order valence-electron chi connectivity index (χ0n) is 11.7. The van der Waals surface area contributed by atoms with E-state index >= 15 is 0 Å². The predicted molar refractivity (Wildman–Crippen MR) is 85.3 cm³/mol. The molecule has 0 aliphatic heterocycles. The van der Waals surface area contributed by atoms with Gasteiger partial charge >= 0.3 is 6.03 Å². The maximum absolute atomic E-state index is 13.4. The van der Waals surface area contributed by atoms with Crippen molar-refractivity contribution in [2.45, 2.75) is 11.3 Å². The molecule has 2 rings (SSSR count). The van der Waals surface area contributed by atoms with E-state index in [0.29, 0.717) is 18.5 Å². The summed E-state index contributed by atoms with van der Waals surface area (Å²) in [5.41, 5.74) is 1.34. The summed E-state index contributed by atoms with van der Waals surface area (Å²) >= 11 is 1.61. The maximum Gasteiger partial charge on any atom is 0.319 e. The highest BCUT2D eigenvalue weighted by Gasteiger charge is 2.04. The van der Waals surface area contributed by atoms with Crippen LogP contribution in [0.2, 0.25) is 0 Å². The summed E-state index contributed by atoms with van der Waals surface area (Å²) in [5, 5.41) is 5.48. The number of nitrogens with one attached hydrogen (secondary N) is 2. The van der Waals surface area contributed by atoms with Crippen molar-refractivity contribution >= 4 is 23.5 Å². The summed E-state index contributed by atoms with van der Waals surface area (Å²) in [5.74, 6) is -0.243. The molecule has 0 saturated heterocycles. The van der Waals surface area contributed by atoms with Crippen molar-refractivity contribution in [3.05, 3.63) is 59.9 Å². The Labute approximate surface area is 127 Å². The second kappa shape index (κ2) is 7.69. The van der Waals surface area contributed by atoms with Crippen LogP contribution in [-0.4, -0.2) is 18.8 Å². The Bertz CT molecular complexity index is 619. The lowest BCUT2D eigenvalue weighted by Crippen LogP contribution is -2.30. The normalized spacial score (nSPS) is 10.2. The SMILES string of the molecule is CSc1cccc(NC(=O)NCCc2ccccc2F)c1. The number of hydrogen-bond acceptors (Lipinski definition) is 2. The van der Waals surface area contributed by atoms with Crippen LogP contribution in [0.15, 0.2) is 53.4 Å². The molecule has 0 unspecified atom stereocenters. The van der Waals surface area contributed by atoms with E-state index in [0.717, 1.165) is 10.6 Å². The van der Waals surface area contributed by atoms with Crippen molar-refractivity contribution in [1.29, 1.82) is 0 Å². The van der Waals surface area contributed by atoms with Gasteiger partial charge in [0.05, 0.1) is 0 Å². The van der Waals surface area contributed by atoms with Gasteiger partial charge < -0.3 is 10.6 Å². The highest BCUT2D eigenvalue weighted by atomic mass is 32.2. The van der Waals surface area contributed by atoms with Gasteiger partial charge in [-0.2, -0.15) is 0 Å². The molecule has 5 heteroatoms. The molecular formula is C16H17FN2OS. The molecule has 0 fully saturated rings. The van der Waals surface area contributed by atoms with E-state index in [2.05, 4.69) is 10.6 Å². The molecule has 2 aromatic carbocycles. The quantitative estimate of drug-likeness (QED) is 0.822. The molecule has 0 atom stereocenters. The van der Waals surface area contributed by atoms with Crippen LogP contribution in [0, 0.1) is 5.82 Å². The third kappa shape index (κ3) is 4.79. The van der Waals surface area contributed by atoms with Crippen molar-refractivity contribution < 1.29 is 9.18 Å². The minimum Gasteiger partial charge on any atom is -0.338 e. The van der Waals surface area contributed by atoms with Crippen LogP contribution in [0.25, 0.3) is 0 Å². The highest BCUT2D eigenvalue weighted by Crippen LogP contribution is 2.18. The lowest BCUT2D eigenvalue weighted by Gasteiger charge is -2.09. The summed E-state index contributed by atoms with van der Waals surface area (Å²) in [4.78, 5) is 12.8. The van der Waals surface area contributed by atoms with Gasteiger partial charge in [-0.3, -0.25) is 0 Å². The van der Waals surface area contributed by atoms with E-state index in [4.69, 9.17) is 0 Å². The molecule has 21 heavy (non-hydrogen) atoms. The first-order valence-corrected chi connectivity index (χ1v) is 7.84. The fourth-order valence-electron chi connectivity index (χ4n) is 1.89. The van der Waals surface area contributed by atoms with Crippen molar-refractivity contribution in [1.82, 2.24) is 5.32 Å². The van der Waals surface area contributed by atoms with E-state index < -0.39 is 0 Å². The molecule has 0 spiro atoms. The molecule has 0 bridgehead atoms. The maximum atomic E-state index is 13.4. The Morgan fingerprint density at radius 2 is 2.00 bits per heavy atom. The number of thioether (sulfide) groups is 1. The third-order valence-corrected chi connectivity index (χ3v) is 3.69. The first-order valence-electron chi connectivity index (χ1n) is 6.61. The minimum atomic E-state index is -0.287. The van der Waals surface area contributed by atoms with Crippen LogP contribution in [0.3, 0.4) is 0 Å². The molecular weight excluding hydrogens is 287 g/mol. The molecule has 2 amide bonds. The standard InChI is InChI=1S/C16H17FN2OS/c1-21-14-7-4-6-13(11-14)19-16(20)18-10-9-12-5-2-3-8-15(12)17/h2-8,11H,9-10H2,1H3,(H2,18,19,20). The van der Waals surface area contributed by atoms with Crippen molar-refractivity contribution in [2.75, 3.05) is 18.1 Å². The Hall–Kier alpha value is -2.01. The Morgan fingerprint density at radius 1 is 1.19 bits per heavy atom. The summed E-state index contributed by atoms with van der Waals surface area (Å²) in [6.07, 6.45) is 2.44. The topological polar surface area (TPSA) is 41.1 Å². The fourth-order valence-corrected chi connectivity index (χ4v) is 2.35. The summed E-state index contributed by atoms with van der Waals surface area (Å²) in [6, 6.07) is 13.9. The highest BCUT2D eigenvalue weighted by molar-refractivity contribution is 7.98. The molecule has 2 N–H and O–H groups in total.